The minimum absolute atomic E-state index is 0.00663. The minimum atomic E-state index is -4.58. The zero-order chi connectivity index (χ0) is 19.3. The zero-order valence-electron chi connectivity index (χ0n) is 14.9. The summed E-state index contributed by atoms with van der Waals surface area (Å²) in [6.45, 7) is 7.01. The molecule has 3 rings (SSSR count). The van der Waals surface area contributed by atoms with E-state index in [1.807, 2.05) is 0 Å². The first kappa shape index (κ1) is 18.3. The first-order valence-corrected chi connectivity index (χ1v) is 8.12. The number of aryl methyl sites for hydroxylation is 1. The molecule has 1 amide bonds. The Kier molecular flexibility index (Phi) is 4.24. The third-order valence-corrected chi connectivity index (χ3v) is 4.00. The van der Waals surface area contributed by atoms with Crippen LogP contribution < -0.4 is 0 Å². The first-order chi connectivity index (χ1) is 12.0. The van der Waals surface area contributed by atoms with E-state index < -0.39 is 23.7 Å². The second kappa shape index (κ2) is 6.03. The van der Waals surface area contributed by atoms with Crippen LogP contribution in [0.3, 0.4) is 0 Å². The van der Waals surface area contributed by atoms with Crippen molar-refractivity contribution in [3.05, 3.63) is 23.4 Å². The molecule has 2 aromatic heterocycles. The summed E-state index contributed by atoms with van der Waals surface area (Å²) in [5, 5.41) is 6.56. The van der Waals surface area contributed by atoms with Crippen molar-refractivity contribution in [3.8, 4) is 11.3 Å². The number of aromatic amines is 1. The van der Waals surface area contributed by atoms with Gasteiger partial charge in [-0.25, -0.2) is 9.78 Å². The number of imidazole rings is 1. The molecule has 3 heterocycles. The van der Waals surface area contributed by atoms with Crippen LogP contribution in [0.5, 0.6) is 0 Å². The number of carbonyl (C=O) groups is 1. The average Bonchev–Trinajstić information content (AvgIpc) is 3.07. The predicted molar refractivity (Wildman–Crippen MR) is 86.2 cm³/mol. The Balaban J connectivity index is 2.02. The lowest BCUT2D eigenvalue weighted by atomic mass is 10.1. The van der Waals surface area contributed by atoms with Gasteiger partial charge in [-0.2, -0.15) is 18.3 Å². The van der Waals surface area contributed by atoms with Crippen LogP contribution >= 0.6 is 0 Å². The van der Waals surface area contributed by atoms with E-state index in [0.29, 0.717) is 17.0 Å². The highest BCUT2D eigenvalue weighted by molar-refractivity contribution is 5.70. The highest BCUT2D eigenvalue weighted by atomic mass is 19.4. The van der Waals surface area contributed by atoms with E-state index in [4.69, 9.17) is 4.74 Å². The van der Waals surface area contributed by atoms with Gasteiger partial charge in [-0.1, -0.05) is 0 Å². The predicted octanol–water partition coefficient (Wildman–Crippen LogP) is 3.35. The lowest BCUT2D eigenvalue weighted by Crippen LogP contribution is -2.42. The Morgan fingerprint density at radius 2 is 1.96 bits per heavy atom. The average molecular weight is 371 g/mol. The maximum absolute atomic E-state index is 13.4. The lowest BCUT2D eigenvalue weighted by molar-refractivity contribution is -0.147. The van der Waals surface area contributed by atoms with Crippen LogP contribution in [-0.2, 0) is 24.0 Å². The van der Waals surface area contributed by atoms with E-state index in [0.717, 1.165) is 4.57 Å². The normalized spacial score (nSPS) is 15.1. The number of hydrogen-bond donors (Lipinski definition) is 1. The monoisotopic (exact) mass is 371 g/mol. The second-order valence-electron chi connectivity index (χ2n) is 7.19. The number of amides is 1. The molecule has 1 N–H and O–H groups in total. The number of fused-ring (bicyclic) bond motifs is 1. The standard InChI is InChI=1S/C16H20F3N5O2/c1-9-10(7-20-22-9)12-11-8-23(14(25)26-15(2,3)4)5-6-24(11)13(21-12)16(17,18)19/h7H,5-6,8H2,1-4H3,(H,20,22). The van der Waals surface area contributed by atoms with E-state index in [1.165, 1.54) is 11.1 Å². The summed E-state index contributed by atoms with van der Waals surface area (Å²) in [4.78, 5) is 17.5. The number of halogens is 3. The number of nitrogens with one attached hydrogen (secondary N) is 1. The molecule has 0 atom stereocenters. The lowest BCUT2D eigenvalue weighted by Gasteiger charge is -2.31. The maximum atomic E-state index is 13.4. The van der Waals surface area contributed by atoms with Gasteiger partial charge in [0.2, 0.25) is 5.82 Å². The van der Waals surface area contributed by atoms with Crippen LogP contribution in [0.2, 0.25) is 0 Å². The Hall–Kier alpha value is -2.52. The Morgan fingerprint density at radius 3 is 2.50 bits per heavy atom. The van der Waals surface area contributed by atoms with Crippen molar-refractivity contribution in [1.82, 2.24) is 24.6 Å². The largest absolute Gasteiger partial charge is 0.449 e. The third-order valence-electron chi connectivity index (χ3n) is 4.00. The van der Waals surface area contributed by atoms with Gasteiger partial charge < -0.3 is 14.2 Å². The summed E-state index contributed by atoms with van der Waals surface area (Å²) in [5.74, 6) is -0.966. The van der Waals surface area contributed by atoms with Crippen molar-refractivity contribution < 1.29 is 22.7 Å². The Labute approximate surface area is 148 Å². The topological polar surface area (TPSA) is 76.0 Å². The van der Waals surface area contributed by atoms with Gasteiger partial charge in [-0.05, 0) is 27.7 Å². The smallest absolute Gasteiger partial charge is 0.444 e. The molecule has 7 nitrogen and oxygen atoms in total. The summed E-state index contributed by atoms with van der Waals surface area (Å²) >= 11 is 0. The number of ether oxygens (including phenoxy) is 1. The van der Waals surface area contributed by atoms with Gasteiger partial charge in [0.15, 0.2) is 0 Å². The van der Waals surface area contributed by atoms with E-state index in [1.54, 1.807) is 27.7 Å². The maximum Gasteiger partial charge on any atom is 0.449 e. The summed E-state index contributed by atoms with van der Waals surface area (Å²) in [6, 6.07) is 0. The van der Waals surface area contributed by atoms with Gasteiger partial charge in [0.25, 0.3) is 0 Å². The number of aromatic nitrogens is 4. The molecule has 1 aliphatic rings. The molecule has 0 aromatic carbocycles. The molecule has 0 radical (unpaired) electrons. The van der Waals surface area contributed by atoms with E-state index in [2.05, 4.69) is 15.2 Å². The quantitative estimate of drug-likeness (QED) is 0.834. The van der Waals surface area contributed by atoms with Crippen LogP contribution in [0.25, 0.3) is 11.3 Å². The minimum Gasteiger partial charge on any atom is -0.444 e. The molecule has 0 saturated heterocycles. The van der Waals surface area contributed by atoms with Crippen LogP contribution in [0.1, 0.15) is 38.0 Å². The summed E-state index contributed by atoms with van der Waals surface area (Å²) < 4.78 is 46.7. The Morgan fingerprint density at radius 1 is 1.27 bits per heavy atom. The summed E-state index contributed by atoms with van der Waals surface area (Å²) in [5.41, 5.74) is 0.899. The van der Waals surface area contributed by atoms with Gasteiger partial charge in [0.05, 0.1) is 24.1 Å². The van der Waals surface area contributed by atoms with E-state index in [-0.39, 0.29) is 25.3 Å². The molecular weight excluding hydrogens is 351 g/mol. The molecule has 0 fully saturated rings. The molecule has 142 valence electrons. The second-order valence-corrected chi connectivity index (χ2v) is 7.19. The van der Waals surface area contributed by atoms with Crippen LogP contribution in [-0.4, -0.2) is 42.9 Å². The van der Waals surface area contributed by atoms with Gasteiger partial charge in [-0.3, -0.25) is 5.10 Å². The van der Waals surface area contributed by atoms with Crippen LogP contribution in [0.15, 0.2) is 6.20 Å². The molecule has 26 heavy (non-hydrogen) atoms. The Bertz CT molecular complexity index is 832. The number of carbonyl (C=O) groups excluding carboxylic acids is 1. The zero-order valence-corrected chi connectivity index (χ0v) is 14.9. The van der Waals surface area contributed by atoms with Gasteiger partial charge in [0, 0.05) is 24.3 Å². The number of alkyl halides is 3. The van der Waals surface area contributed by atoms with Crippen molar-refractivity contribution in [2.24, 2.45) is 0 Å². The molecule has 0 bridgehead atoms. The number of nitrogens with zero attached hydrogens (tertiary/aromatic N) is 4. The van der Waals surface area contributed by atoms with E-state index in [9.17, 15) is 18.0 Å². The van der Waals surface area contributed by atoms with Gasteiger partial charge in [-0.15, -0.1) is 0 Å². The van der Waals surface area contributed by atoms with Gasteiger partial charge in [0.1, 0.15) is 5.60 Å². The fraction of sp³-hybridized carbons (Fsp3) is 0.562. The molecule has 0 aliphatic carbocycles. The van der Waals surface area contributed by atoms with E-state index >= 15 is 0 Å². The SMILES string of the molecule is Cc1[nH]ncc1-c1nc(C(F)(F)F)n2c1CN(C(=O)OC(C)(C)C)CC2. The number of rotatable bonds is 1. The van der Waals surface area contributed by atoms with Crippen molar-refractivity contribution in [2.75, 3.05) is 6.54 Å². The van der Waals surface area contributed by atoms with Crippen molar-refractivity contribution in [1.29, 1.82) is 0 Å². The molecule has 2 aromatic rings. The van der Waals surface area contributed by atoms with Crippen molar-refractivity contribution in [2.45, 2.75) is 52.6 Å². The summed E-state index contributed by atoms with van der Waals surface area (Å²) in [7, 11) is 0. The van der Waals surface area contributed by atoms with Crippen LogP contribution in [0.4, 0.5) is 18.0 Å². The van der Waals surface area contributed by atoms with Crippen LogP contribution in [0, 0.1) is 6.92 Å². The third kappa shape index (κ3) is 3.40. The summed E-state index contributed by atoms with van der Waals surface area (Å²) in [6.07, 6.45) is -3.71. The fourth-order valence-electron chi connectivity index (χ4n) is 2.87. The van der Waals surface area contributed by atoms with Crippen molar-refractivity contribution >= 4 is 6.09 Å². The molecule has 10 heteroatoms. The highest BCUT2D eigenvalue weighted by Crippen LogP contribution is 2.36. The van der Waals surface area contributed by atoms with Gasteiger partial charge >= 0.3 is 12.3 Å². The number of H-pyrrole nitrogens is 1. The molecule has 0 saturated carbocycles. The molecule has 0 unspecified atom stereocenters. The molecular formula is C16H20F3N5O2. The highest BCUT2D eigenvalue weighted by Gasteiger charge is 2.41. The number of hydrogen-bond acceptors (Lipinski definition) is 4. The molecule has 0 spiro atoms. The first-order valence-electron chi connectivity index (χ1n) is 8.12. The molecule has 1 aliphatic heterocycles. The fourth-order valence-corrected chi connectivity index (χ4v) is 2.87. The van der Waals surface area contributed by atoms with Crippen molar-refractivity contribution in [3.63, 3.8) is 0 Å².